The van der Waals surface area contributed by atoms with Crippen molar-refractivity contribution in [2.45, 2.75) is 0 Å². The molecule has 0 saturated heterocycles. The zero-order chi connectivity index (χ0) is 17.8. The van der Waals surface area contributed by atoms with Crippen LogP contribution in [0.4, 0.5) is 5.69 Å². The van der Waals surface area contributed by atoms with Crippen molar-refractivity contribution in [1.29, 1.82) is 0 Å². The monoisotopic (exact) mass is 359 g/mol. The summed E-state index contributed by atoms with van der Waals surface area (Å²) >= 11 is 1.26. The van der Waals surface area contributed by atoms with Crippen LogP contribution in [0, 0.1) is 0 Å². The SMILES string of the molecule is C=CCN1C(=O)/C(=c2/sc3nc4ccccc4n3c2=O)c2ccccc21. The molecule has 0 fully saturated rings. The lowest BCUT2D eigenvalue weighted by atomic mass is 10.1. The van der Waals surface area contributed by atoms with Gasteiger partial charge in [-0.3, -0.25) is 9.59 Å². The van der Waals surface area contributed by atoms with Crippen molar-refractivity contribution in [3.63, 3.8) is 0 Å². The van der Waals surface area contributed by atoms with Gasteiger partial charge in [-0.05, 0) is 18.2 Å². The average molecular weight is 359 g/mol. The maximum Gasteiger partial charge on any atom is 0.275 e. The normalized spacial score (nSPS) is 15.8. The molecule has 1 amide bonds. The molecule has 0 saturated carbocycles. The fraction of sp³-hybridized carbons (Fsp3) is 0.0500. The summed E-state index contributed by atoms with van der Waals surface area (Å²) in [4.78, 5) is 33.0. The summed E-state index contributed by atoms with van der Waals surface area (Å²) in [5, 5.41) is 0. The molecule has 0 N–H and O–H groups in total. The van der Waals surface area contributed by atoms with Crippen LogP contribution in [0.25, 0.3) is 21.6 Å². The van der Waals surface area contributed by atoms with Crippen LogP contribution in [0.5, 0.6) is 0 Å². The van der Waals surface area contributed by atoms with E-state index in [9.17, 15) is 9.59 Å². The first kappa shape index (κ1) is 15.0. The van der Waals surface area contributed by atoms with Crippen LogP contribution in [0.15, 0.2) is 66.0 Å². The van der Waals surface area contributed by atoms with E-state index in [2.05, 4.69) is 11.6 Å². The number of anilines is 1. The number of para-hydroxylation sites is 3. The summed E-state index contributed by atoms with van der Waals surface area (Å²) in [7, 11) is 0. The standard InChI is InChI=1S/C20H13N3O2S/c1-2-11-22-14-9-5-3-7-12(14)16(18(22)24)17-19(25)23-15-10-6-4-8-13(15)21-20(23)26-17/h2-10H,1,11H2/b17-16+. The summed E-state index contributed by atoms with van der Waals surface area (Å²) in [5.41, 5.74) is 3.38. The second-order valence-corrected chi connectivity index (χ2v) is 7.03. The largest absolute Gasteiger partial charge is 0.304 e. The Morgan fingerprint density at radius 3 is 2.69 bits per heavy atom. The van der Waals surface area contributed by atoms with Crippen molar-refractivity contribution >= 4 is 44.5 Å². The van der Waals surface area contributed by atoms with Crippen LogP contribution < -0.4 is 15.0 Å². The van der Waals surface area contributed by atoms with Gasteiger partial charge in [0.2, 0.25) is 0 Å². The molecule has 6 heteroatoms. The Morgan fingerprint density at radius 1 is 1.08 bits per heavy atom. The van der Waals surface area contributed by atoms with Crippen LogP contribution in [0.3, 0.4) is 0 Å². The minimum absolute atomic E-state index is 0.169. The zero-order valence-corrected chi connectivity index (χ0v) is 14.5. The Hall–Kier alpha value is -3.25. The second kappa shape index (κ2) is 5.37. The number of carbonyl (C=O) groups excluding carboxylic acids is 1. The molecule has 2 aromatic heterocycles. The Balaban J connectivity index is 1.90. The maximum absolute atomic E-state index is 13.1. The highest BCUT2D eigenvalue weighted by Crippen LogP contribution is 2.35. The van der Waals surface area contributed by atoms with Gasteiger partial charge in [0, 0.05) is 12.1 Å². The van der Waals surface area contributed by atoms with E-state index in [0.717, 1.165) is 22.3 Å². The van der Waals surface area contributed by atoms with Gasteiger partial charge in [0.15, 0.2) is 4.96 Å². The molecule has 0 aliphatic carbocycles. The van der Waals surface area contributed by atoms with E-state index in [4.69, 9.17) is 0 Å². The molecule has 5 nitrogen and oxygen atoms in total. The molecule has 0 bridgehead atoms. The Morgan fingerprint density at radius 2 is 1.85 bits per heavy atom. The third-order valence-electron chi connectivity index (χ3n) is 4.58. The number of carbonyl (C=O) groups is 1. The molecule has 5 rings (SSSR count). The molecule has 0 atom stereocenters. The van der Waals surface area contributed by atoms with Gasteiger partial charge in [-0.1, -0.05) is 47.7 Å². The van der Waals surface area contributed by atoms with Crippen LogP contribution >= 0.6 is 11.3 Å². The van der Waals surface area contributed by atoms with Gasteiger partial charge in [0.05, 0.1) is 22.3 Å². The van der Waals surface area contributed by atoms with Crippen LogP contribution in [-0.2, 0) is 4.79 Å². The van der Waals surface area contributed by atoms with E-state index < -0.39 is 0 Å². The van der Waals surface area contributed by atoms with Gasteiger partial charge < -0.3 is 4.90 Å². The Bertz CT molecular complexity index is 1330. The van der Waals surface area contributed by atoms with E-state index in [0.29, 0.717) is 21.6 Å². The number of fused-ring (bicyclic) bond motifs is 4. The smallest absolute Gasteiger partial charge is 0.275 e. The number of hydrogen-bond acceptors (Lipinski definition) is 4. The third kappa shape index (κ3) is 1.87. The molecule has 4 aromatic rings. The number of nitrogens with zero attached hydrogens (tertiary/aromatic N) is 3. The molecule has 26 heavy (non-hydrogen) atoms. The molecule has 126 valence electrons. The second-order valence-electron chi connectivity index (χ2n) is 6.05. The number of amides is 1. The first-order valence-corrected chi connectivity index (χ1v) is 8.99. The maximum atomic E-state index is 13.1. The van der Waals surface area contributed by atoms with E-state index in [-0.39, 0.29) is 11.5 Å². The van der Waals surface area contributed by atoms with Crippen molar-refractivity contribution in [2.24, 2.45) is 0 Å². The summed E-state index contributed by atoms with van der Waals surface area (Å²) in [5.74, 6) is -0.169. The van der Waals surface area contributed by atoms with E-state index >= 15 is 0 Å². The first-order chi connectivity index (χ1) is 12.7. The lowest BCUT2D eigenvalue weighted by Crippen LogP contribution is -2.32. The summed E-state index contributed by atoms with van der Waals surface area (Å²) in [6.45, 7) is 4.13. The highest BCUT2D eigenvalue weighted by atomic mass is 32.1. The summed E-state index contributed by atoms with van der Waals surface area (Å²) in [6.07, 6.45) is 1.68. The van der Waals surface area contributed by atoms with E-state index in [1.54, 1.807) is 15.4 Å². The van der Waals surface area contributed by atoms with Gasteiger partial charge in [0.25, 0.3) is 11.5 Å². The van der Waals surface area contributed by atoms with Gasteiger partial charge in [-0.15, -0.1) is 6.58 Å². The highest BCUT2D eigenvalue weighted by molar-refractivity contribution is 7.15. The molecule has 0 radical (unpaired) electrons. The van der Waals surface area contributed by atoms with Crippen molar-refractivity contribution in [2.75, 3.05) is 11.4 Å². The van der Waals surface area contributed by atoms with Gasteiger partial charge in [-0.2, -0.15) is 0 Å². The Kier molecular flexibility index (Phi) is 3.11. The van der Waals surface area contributed by atoms with Crippen molar-refractivity contribution < 1.29 is 4.79 Å². The summed E-state index contributed by atoms with van der Waals surface area (Å²) in [6, 6.07) is 15.1. The molecular formula is C20H13N3O2S. The number of benzene rings is 2. The predicted molar refractivity (Wildman–Crippen MR) is 104 cm³/mol. The van der Waals surface area contributed by atoms with Crippen LogP contribution in [-0.4, -0.2) is 21.8 Å². The minimum Gasteiger partial charge on any atom is -0.304 e. The lowest BCUT2D eigenvalue weighted by Gasteiger charge is -2.13. The van der Waals surface area contributed by atoms with E-state index in [1.807, 2.05) is 48.5 Å². The fourth-order valence-electron chi connectivity index (χ4n) is 3.47. The topological polar surface area (TPSA) is 54.7 Å². The van der Waals surface area contributed by atoms with Crippen LogP contribution in [0.2, 0.25) is 0 Å². The summed E-state index contributed by atoms with van der Waals surface area (Å²) < 4.78 is 2.02. The van der Waals surface area contributed by atoms with Crippen molar-refractivity contribution in [3.05, 3.63) is 81.6 Å². The molecule has 1 aliphatic rings. The molecule has 0 spiro atoms. The molecular weight excluding hydrogens is 346 g/mol. The first-order valence-electron chi connectivity index (χ1n) is 8.17. The fourth-order valence-corrected chi connectivity index (χ4v) is 4.55. The number of thiazole rings is 1. The van der Waals surface area contributed by atoms with Gasteiger partial charge in [-0.25, -0.2) is 9.38 Å². The molecule has 0 unspecified atom stereocenters. The van der Waals surface area contributed by atoms with Crippen molar-refractivity contribution in [1.82, 2.24) is 9.38 Å². The van der Waals surface area contributed by atoms with E-state index in [1.165, 1.54) is 11.3 Å². The number of rotatable bonds is 2. The average Bonchev–Trinajstić information content (AvgIpc) is 3.26. The number of aromatic nitrogens is 2. The molecule has 3 heterocycles. The predicted octanol–water partition coefficient (Wildman–Crippen LogP) is 2.36. The lowest BCUT2D eigenvalue weighted by molar-refractivity contribution is -0.112. The Labute approximate surface area is 152 Å². The van der Waals surface area contributed by atoms with Crippen molar-refractivity contribution in [3.8, 4) is 0 Å². The van der Waals surface area contributed by atoms with Crippen LogP contribution in [0.1, 0.15) is 5.56 Å². The quantitative estimate of drug-likeness (QED) is 0.516. The van der Waals surface area contributed by atoms with Gasteiger partial charge >= 0.3 is 0 Å². The third-order valence-corrected chi connectivity index (χ3v) is 5.62. The number of imidazole rings is 1. The molecule has 1 aliphatic heterocycles. The minimum atomic E-state index is -0.197. The zero-order valence-electron chi connectivity index (χ0n) is 13.7. The number of hydrogen-bond donors (Lipinski definition) is 0. The highest BCUT2D eigenvalue weighted by Gasteiger charge is 2.33. The van der Waals surface area contributed by atoms with Gasteiger partial charge in [0.1, 0.15) is 4.53 Å². The molecule has 2 aromatic carbocycles.